The molecule has 1 saturated carbocycles. The normalized spacial score (nSPS) is 16.6. The number of benzene rings is 1. The van der Waals surface area contributed by atoms with Gasteiger partial charge in [0.2, 0.25) is 0 Å². The van der Waals surface area contributed by atoms with Crippen molar-refractivity contribution >= 4 is 5.97 Å². The van der Waals surface area contributed by atoms with Gasteiger partial charge in [0.15, 0.2) is 0 Å². The molecule has 1 fully saturated rings. The van der Waals surface area contributed by atoms with Crippen LogP contribution >= 0.6 is 0 Å². The van der Waals surface area contributed by atoms with Gasteiger partial charge in [0.25, 0.3) is 0 Å². The quantitative estimate of drug-likeness (QED) is 0.730. The summed E-state index contributed by atoms with van der Waals surface area (Å²) >= 11 is 0. The second-order valence-electron chi connectivity index (χ2n) is 4.03. The minimum atomic E-state index is -0.373. The molecular formula is C13H16O3. The first-order valence-corrected chi connectivity index (χ1v) is 5.54. The molecule has 16 heavy (non-hydrogen) atoms. The first-order valence-electron chi connectivity index (χ1n) is 5.54. The van der Waals surface area contributed by atoms with Crippen LogP contribution < -0.4 is 4.74 Å². The molecule has 0 amide bonds. The summed E-state index contributed by atoms with van der Waals surface area (Å²) < 4.78 is 10.2. The van der Waals surface area contributed by atoms with E-state index < -0.39 is 0 Å². The van der Waals surface area contributed by atoms with Crippen LogP contribution in [0.2, 0.25) is 0 Å². The third kappa shape index (κ3) is 1.77. The van der Waals surface area contributed by atoms with Crippen molar-refractivity contribution < 1.29 is 14.3 Å². The van der Waals surface area contributed by atoms with Crippen LogP contribution in [0, 0.1) is 0 Å². The highest BCUT2D eigenvalue weighted by Gasteiger charge is 2.52. The highest BCUT2D eigenvalue weighted by atomic mass is 16.5. The average molecular weight is 220 g/mol. The van der Waals surface area contributed by atoms with Gasteiger partial charge in [-0.05, 0) is 37.5 Å². The topological polar surface area (TPSA) is 35.5 Å². The largest absolute Gasteiger partial charge is 0.497 e. The van der Waals surface area contributed by atoms with Gasteiger partial charge in [0.1, 0.15) is 5.75 Å². The standard InChI is InChI=1S/C13H16O3/c1-3-16-12(14)13(8-9-13)10-4-6-11(15-2)7-5-10/h4-7H,3,8-9H2,1-2H3. The van der Waals surface area contributed by atoms with Gasteiger partial charge in [-0.25, -0.2) is 0 Å². The number of carbonyl (C=O) groups is 1. The summed E-state index contributed by atoms with van der Waals surface area (Å²) in [5.74, 6) is 0.712. The molecule has 0 bridgehead atoms. The van der Waals surface area contributed by atoms with Gasteiger partial charge in [-0.2, -0.15) is 0 Å². The van der Waals surface area contributed by atoms with E-state index in [9.17, 15) is 4.79 Å². The van der Waals surface area contributed by atoms with Gasteiger partial charge in [-0.15, -0.1) is 0 Å². The Morgan fingerprint density at radius 3 is 2.38 bits per heavy atom. The molecule has 2 rings (SSSR count). The molecule has 0 aliphatic heterocycles. The first kappa shape index (κ1) is 11.0. The zero-order valence-electron chi connectivity index (χ0n) is 9.66. The number of hydrogen-bond acceptors (Lipinski definition) is 3. The predicted molar refractivity (Wildman–Crippen MR) is 60.5 cm³/mol. The number of methoxy groups -OCH3 is 1. The fourth-order valence-electron chi connectivity index (χ4n) is 1.91. The first-order chi connectivity index (χ1) is 7.73. The lowest BCUT2D eigenvalue weighted by atomic mass is 9.96. The molecule has 0 aromatic heterocycles. The third-order valence-corrected chi connectivity index (χ3v) is 3.06. The Hall–Kier alpha value is -1.51. The van der Waals surface area contributed by atoms with Gasteiger partial charge >= 0.3 is 5.97 Å². The Labute approximate surface area is 95.4 Å². The Kier molecular flexibility index (Phi) is 2.86. The van der Waals surface area contributed by atoms with Gasteiger partial charge in [0, 0.05) is 0 Å². The third-order valence-electron chi connectivity index (χ3n) is 3.06. The van der Waals surface area contributed by atoms with Crippen LogP contribution in [-0.4, -0.2) is 19.7 Å². The van der Waals surface area contributed by atoms with E-state index in [0.717, 1.165) is 24.2 Å². The summed E-state index contributed by atoms with van der Waals surface area (Å²) in [6, 6.07) is 7.66. The molecular weight excluding hydrogens is 204 g/mol. The van der Waals surface area contributed by atoms with Crippen LogP contribution in [0.4, 0.5) is 0 Å². The second kappa shape index (κ2) is 4.16. The van der Waals surface area contributed by atoms with Crippen molar-refractivity contribution in [3.63, 3.8) is 0 Å². The number of hydrogen-bond donors (Lipinski definition) is 0. The van der Waals surface area contributed by atoms with Crippen molar-refractivity contribution in [3.8, 4) is 5.75 Å². The maximum atomic E-state index is 11.8. The molecule has 0 saturated heterocycles. The summed E-state index contributed by atoms with van der Waals surface area (Å²) in [5.41, 5.74) is 0.661. The monoisotopic (exact) mass is 220 g/mol. The molecule has 0 unspecified atom stereocenters. The van der Waals surface area contributed by atoms with Gasteiger partial charge in [-0.3, -0.25) is 4.79 Å². The summed E-state index contributed by atoms with van der Waals surface area (Å²) in [7, 11) is 1.63. The summed E-state index contributed by atoms with van der Waals surface area (Å²) in [6.07, 6.45) is 1.77. The van der Waals surface area contributed by atoms with Crippen molar-refractivity contribution in [1.82, 2.24) is 0 Å². The van der Waals surface area contributed by atoms with Crippen LogP contribution in [-0.2, 0) is 14.9 Å². The van der Waals surface area contributed by atoms with E-state index in [1.54, 1.807) is 7.11 Å². The molecule has 1 aromatic rings. The van der Waals surface area contributed by atoms with Crippen molar-refractivity contribution in [3.05, 3.63) is 29.8 Å². The lowest BCUT2D eigenvalue weighted by Gasteiger charge is -2.14. The lowest BCUT2D eigenvalue weighted by Crippen LogP contribution is -2.23. The minimum absolute atomic E-state index is 0.0971. The summed E-state index contributed by atoms with van der Waals surface area (Å²) in [6.45, 7) is 2.28. The molecule has 0 atom stereocenters. The van der Waals surface area contributed by atoms with Crippen LogP contribution in [0.5, 0.6) is 5.75 Å². The molecule has 0 N–H and O–H groups in total. The van der Waals surface area contributed by atoms with E-state index in [1.807, 2.05) is 31.2 Å². The van der Waals surface area contributed by atoms with Gasteiger partial charge < -0.3 is 9.47 Å². The molecule has 3 nitrogen and oxygen atoms in total. The highest BCUT2D eigenvalue weighted by molar-refractivity contribution is 5.86. The Balaban J connectivity index is 2.19. The van der Waals surface area contributed by atoms with E-state index in [1.165, 1.54) is 0 Å². The smallest absolute Gasteiger partial charge is 0.316 e. The Bertz CT molecular complexity index is 377. The van der Waals surface area contributed by atoms with Gasteiger partial charge in [0.05, 0.1) is 19.1 Å². The zero-order chi connectivity index (χ0) is 11.6. The number of esters is 1. The van der Waals surface area contributed by atoms with E-state index in [0.29, 0.717) is 6.61 Å². The molecule has 1 aliphatic rings. The molecule has 1 aromatic carbocycles. The second-order valence-corrected chi connectivity index (χ2v) is 4.03. The zero-order valence-corrected chi connectivity index (χ0v) is 9.66. The lowest BCUT2D eigenvalue weighted by molar-refractivity contribution is -0.146. The van der Waals surface area contributed by atoms with Crippen molar-refractivity contribution in [2.45, 2.75) is 25.2 Å². The Morgan fingerprint density at radius 2 is 1.94 bits per heavy atom. The van der Waals surface area contributed by atoms with Crippen molar-refractivity contribution in [1.29, 1.82) is 0 Å². The molecule has 86 valence electrons. The van der Waals surface area contributed by atoms with Crippen LogP contribution in [0.25, 0.3) is 0 Å². The number of ether oxygens (including phenoxy) is 2. The number of rotatable bonds is 4. The van der Waals surface area contributed by atoms with Crippen LogP contribution in [0.3, 0.4) is 0 Å². The molecule has 1 aliphatic carbocycles. The van der Waals surface area contributed by atoms with Crippen molar-refractivity contribution in [2.75, 3.05) is 13.7 Å². The van der Waals surface area contributed by atoms with E-state index in [2.05, 4.69) is 0 Å². The Morgan fingerprint density at radius 1 is 1.31 bits per heavy atom. The number of carbonyl (C=O) groups excluding carboxylic acids is 1. The molecule has 0 spiro atoms. The summed E-state index contributed by atoms with van der Waals surface area (Å²) in [4.78, 5) is 11.8. The van der Waals surface area contributed by atoms with E-state index in [4.69, 9.17) is 9.47 Å². The fourth-order valence-corrected chi connectivity index (χ4v) is 1.91. The fraction of sp³-hybridized carbons (Fsp3) is 0.462. The van der Waals surface area contributed by atoms with E-state index in [-0.39, 0.29) is 11.4 Å². The van der Waals surface area contributed by atoms with Gasteiger partial charge in [-0.1, -0.05) is 12.1 Å². The highest BCUT2D eigenvalue weighted by Crippen LogP contribution is 2.49. The maximum Gasteiger partial charge on any atom is 0.316 e. The van der Waals surface area contributed by atoms with E-state index >= 15 is 0 Å². The molecule has 0 radical (unpaired) electrons. The van der Waals surface area contributed by atoms with Crippen molar-refractivity contribution in [2.24, 2.45) is 0 Å². The summed E-state index contributed by atoms with van der Waals surface area (Å²) in [5, 5.41) is 0. The minimum Gasteiger partial charge on any atom is -0.497 e. The molecule has 3 heteroatoms. The average Bonchev–Trinajstić information content (AvgIpc) is 3.11. The van der Waals surface area contributed by atoms with Crippen LogP contribution in [0.15, 0.2) is 24.3 Å². The maximum absolute atomic E-state index is 11.8. The van der Waals surface area contributed by atoms with Crippen LogP contribution in [0.1, 0.15) is 25.3 Å². The molecule has 0 heterocycles. The predicted octanol–water partition coefficient (Wildman–Crippen LogP) is 2.29. The SMILES string of the molecule is CCOC(=O)C1(c2ccc(OC)cc2)CC1.